The number of pyridine rings is 1. The van der Waals surface area contributed by atoms with E-state index in [-0.39, 0.29) is 6.54 Å². The molecular formula is C8H8N2O. The van der Waals surface area contributed by atoms with Crippen LogP contribution in [0.4, 0.5) is 0 Å². The molecule has 0 aromatic carbocycles. The summed E-state index contributed by atoms with van der Waals surface area (Å²) in [6.45, 7) is 6.60. The molecule has 1 N–H and O–H groups in total. The van der Waals surface area contributed by atoms with Gasteiger partial charge in [0.1, 0.15) is 0 Å². The molecule has 1 heterocycles. The van der Waals surface area contributed by atoms with Gasteiger partial charge in [-0.2, -0.15) is 0 Å². The second kappa shape index (κ2) is 3.69. The molecule has 1 unspecified atom stereocenters. The van der Waals surface area contributed by atoms with Crippen molar-refractivity contribution in [2.24, 2.45) is 0 Å². The van der Waals surface area contributed by atoms with Crippen LogP contribution in [0.3, 0.4) is 0 Å². The molecule has 0 radical (unpaired) electrons. The van der Waals surface area contributed by atoms with E-state index in [1.807, 2.05) is 0 Å². The normalized spacial score (nSPS) is 12.0. The van der Waals surface area contributed by atoms with Crippen molar-refractivity contribution in [3.8, 4) is 0 Å². The van der Waals surface area contributed by atoms with Gasteiger partial charge in [0.15, 0.2) is 6.10 Å². The van der Waals surface area contributed by atoms with Gasteiger partial charge in [-0.1, -0.05) is 6.07 Å². The van der Waals surface area contributed by atoms with Crippen molar-refractivity contribution >= 4 is 0 Å². The molecule has 1 aromatic heterocycles. The van der Waals surface area contributed by atoms with Crippen molar-refractivity contribution in [3.05, 3.63) is 41.5 Å². The first kappa shape index (κ1) is 7.70. The average Bonchev–Trinajstić information content (AvgIpc) is 2.07. The molecule has 0 saturated heterocycles. The van der Waals surface area contributed by atoms with Gasteiger partial charge in [0.25, 0.3) is 0 Å². The molecule has 0 spiro atoms. The fourth-order valence-electron chi connectivity index (χ4n) is 0.753. The fourth-order valence-corrected chi connectivity index (χ4v) is 0.753. The fraction of sp³-hybridized carbons (Fsp3) is 0.250. The second-order valence-electron chi connectivity index (χ2n) is 2.11. The lowest BCUT2D eigenvalue weighted by Crippen LogP contribution is -2.01. The molecule has 11 heavy (non-hydrogen) atoms. The highest BCUT2D eigenvalue weighted by atomic mass is 16.3. The van der Waals surface area contributed by atoms with Crippen LogP contribution in [0.5, 0.6) is 0 Å². The third kappa shape index (κ3) is 2.03. The zero-order valence-electron chi connectivity index (χ0n) is 5.94. The third-order valence-corrected chi connectivity index (χ3v) is 1.29. The minimum Gasteiger partial charge on any atom is -0.379 e. The highest BCUT2D eigenvalue weighted by molar-refractivity contribution is 5.07. The Balaban J connectivity index is 2.70. The summed E-state index contributed by atoms with van der Waals surface area (Å²) in [5.74, 6) is 0. The number of nitrogens with zero attached hydrogens (tertiary/aromatic N) is 2. The van der Waals surface area contributed by atoms with Crippen LogP contribution >= 0.6 is 0 Å². The van der Waals surface area contributed by atoms with Gasteiger partial charge in [0.05, 0.1) is 5.69 Å². The summed E-state index contributed by atoms with van der Waals surface area (Å²) in [6.07, 6.45) is 0.858. The van der Waals surface area contributed by atoms with Gasteiger partial charge < -0.3 is 9.95 Å². The van der Waals surface area contributed by atoms with Gasteiger partial charge in [-0.05, 0) is 12.1 Å². The van der Waals surface area contributed by atoms with Crippen molar-refractivity contribution in [1.29, 1.82) is 0 Å². The number of aromatic nitrogens is 1. The Morgan fingerprint density at radius 1 is 1.64 bits per heavy atom. The molecule has 1 atom stereocenters. The molecule has 0 aliphatic heterocycles. The predicted octanol–water partition coefficient (Wildman–Crippen LogP) is 1.03. The molecule has 1 aromatic rings. The number of rotatable bonds is 2. The highest BCUT2D eigenvalue weighted by Gasteiger charge is 2.09. The summed E-state index contributed by atoms with van der Waals surface area (Å²) in [5.41, 5.74) is 0.559. The topological polar surface area (TPSA) is 37.5 Å². The minimum atomic E-state index is -0.742. The highest BCUT2D eigenvalue weighted by Crippen LogP contribution is 2.08. The summed E-state index contributed by atoms with van der Waals surface area (Å²) < 4.78 is 0. The average molecular weight is 148 g/mol. The quantitative estimate of drug-likeness (QED) is 0.636. The molecule has 56 valence electrons. The lowest BCUT2D eigenvalue weighted by Gasteiger charge is -2.00. The Bertz CT molecular complexity index is 253. The first-order chi connectivity index (χ1) is 5.34. The van der Waals surface area contributed by atoms with Crippen LogP contribution in [0.2, 0.25) is 0 Å². The van der Waals surface area contributed by atoms with Crippen LogP contribution in [0, 0.1) is 6.57 Å². The molecular weight excluding hydrogens is 140 g/mol. The maximum atomic E-state index is 9.24. The smallest absolute Gasteiger partial charge is 0.245 e. The summed E-state index contributed by atoms with van der Waals surface area (Å²) in [4.78, 5) is 6.98. The lowest BCUT2D eigenvalue weighted by molar-refractivity contribution is 0.190. The van der Waals surface area contributed by atoms with E-state index in [9.17, 15) is 5.11 Å². The first-order valence-electron chi connectivity index (χ1n) is 3.27. The zero-order valence-corrected chi connectivity index (χ0v) is 5.94. The van der Waals surface area contributed by atoms with Crippen molar-refractivity contribution in [3.63, 3.8) is 0 Å². The number of hydrogen-bond donors (Lipinski definition) is 1. The van der Waals surface area contributed by atoms with Gasteiger partial charge in [-0.3, -0.25) is 4.98 Å². The van der Waals surface area contributed by atoms with Crippen LogP contribution in [0.1, 0.15) is 11.8 Å². The van der Waals surface area contributed by atoms with E-state index in [1.54, 1.807) is 24.4 Å². The van der Waals surface area contributed by atoms with Crippen molar-refractivity contribution in [2.45, 2.75) is 6.10 Å². The molecule has 0 fully saturated rings. The van der Waals surface area contributed by atoms with E-state index in [0.29, 0.717) is 5.69 Å². The SMILES string of the molecule is [C-]#[N+]CC(O)c1ccccn1. The van der Waals surface area contributed by atoms with Crippen molar-refractivity contribution in [1.82, 2.24) is 4.98 Å². The Kier molecular flexibility index (Phi) is 2.59. The van der Waals surface area contributed by atoms with Crippen LogP contribution < -0.4 is 0 Å². The van der Waals surface area contributed by atoms with Crippen molar-refractivity contribution in [2.75, 3.05) is 6.54 Å². The van der Waals surface area contributed by atoms with Crippen LogP contribution in [0.15, 0.2) is 24.4 Å². The molecule has 0 saturated carbocycles. The Morgan fingerprint density at radius 2 is 2.45 bits per heavy atom. The molecule has 3 nitrogen and oxygen atoms in total. The molecule has 0 amide bonds. The van der Waals surface area contributed by atoms with Gasteiger partial charge in [-0.15, -0.1) is 0 Å². The molecule has 0 bridgehead atoms. The number of aliphatic hydroxyl groups is 1. The van der Waals surface area contributed by atoms with Gasteiger partial charge >= 0.3 is 0 Å². The summed E-state index contributed by atoms with van der Waals surface area (Å²) >= 11 is 0. The molecule has 0 aliphatic rings. The maximum absolute atomic E-state index is 9.24. The largest absolute Gasteiger partial charge is 0.379 e. The molecule has 1 rings (SSSR count). The van der Waals surface area contributed by atoms with E-state index in [1.165, 1.54) is 0 Å². The van der Waals surface area contributed by atoms with Crippen LogP contribution in [-0.4, -0.2) is 16.6 Å². The second-order valence-corrected chi connectivity index (χ2v) is 2.11. The standard InChI is InChI=1S/C8H8N2O/c1-9-6-8(11)7-4-2-3-5-10-7/h2-5,8,11H,6H2. The van der Waals surface area contributed by atoms with Crippen LogP contribution in [-0.2, 0) is 0 Å². The Labute approximate surface area is 65.1 Å². The van der Waals surface area contributed by atoms with Gasteiger partial charge in [0, 0.05) is 6.20 Å². The number of aliphatic hydroxyl groups excluding tert-OH is 1. The van der Waals surface area contributed by atoms with E-state index < -0.39 is 6.10 Å². The number of hydrogen-bond acceptors (Lipinski definition) is 2. The van der Waals surface area contributed by atoms with Gasteiger partial charge in [0.2, 0.25) is 6.54 Å². The molecule has 0 aliphatic carbocycles. The maximum Gasteiger partial charge on any atom is 0.245 e. The van der Waals surface area contributed by atoms with E-state index in [0.717, 1.165) is 0 Å². The summed E-state index contributed by atoms with van der Waals surface area (Å²) in [5, 5.41) is 9.24. The lowest BCUT2D eigenvalue weighted by atomic mass is 10.2. The predicted molar refractivity (Wildman–Crippen MR) is 40.7 cm³/mol. The first-order valence-corrected chi connectivity index (χ1v) is 3.27. The summed E-state index contributed by atoms with van der Waals surface area (Å²) in [7, 11) is 0. The van der Waals surface area contributed by atoms with Crippen LogP contribution in [0.25, 0.3) is 4.85 Å². The van der Waals surface area contributed by atoms with E-state index in [2.05, 4.69) is 9.83 Å². The monoisotopic (exact) mass is 148 g/mol. The third-order valence-electron chi connectivity index (χ3n) is 1.29. The van der Waals surface area contributed by atoms with Crippen molar-refractivity contribution < 1.29 is 5.11 Å². The zero-order chi connectivity index (χ0) is 8.10. The Morgan fingerprint density at radius 3 is 3.00 bits per heavy atom. The van der Waals surface area contributed by atoms with Gasteiger partial charge in [-0.25, -0.2) is 6.57 Å². The molecule has 3 heteroatoms. The minimum absolute atomic E-state index is 0.0804. The van der Waals surface area contributed by atoms with E-state index in [4.69, 9.17) is 6.57 Å². The summed E-state index contributed by atoms with van der Waals surface area (Å²) in [6, 6.07) is 5.26. The van der Waals surface area contributed by atoms with E-state index >= 15 is 0 Å². The Hall–Kier alpha value is -1.40.